The van der Waals surface area contributed by atoms with Gasteiger partial charge in [-0.15, -0.1) is 0 Å². The zero-order valence-electron chi connectivity index (χ0n) is 7.91. The maximum Gasteiger partial charge on any atom is 0.161 e. The van der Waals surface area contributed by atoms with Crippen molar-refractivity contribution in [2.75, 3.05) is 0 Å². The fourth-order valence-corrected chi connectivity index (χ4v) is 1.59. The van der Waals surface area contributed by atoms with Gasteiger partial charge in [-0.05, 0) is 23.8 Å². The highest BCUT2D eigenvalue weighted by Crippen LogP contribution is 2.21. The van der Waals surface area contributed by atoms with E-state index in [0.29, 0.717) is 0 Å². The van der Waals surface area contributed by atoms with E-state index in [0.717, 1.165) is 16.8 Å². The van der Waals surface area contributed by atoms with Crippen molar-refractivity contribution in [3.8, 4) is 11.1 Å². The van der Waals surface area contributed by atoms with E-state index >= 15 is 0 Å². The van der Waals surface area contributed by atoms with E-state index in [1.807, 2.05) is 24.4 Å². The third-order valence-electron chi connectivity index (χ3n) is 2.29. The molecule has 3 rings (SSSR count). The Hall–Kier alpha value is -2.23. The number of aromatic nitrogens is 4. The molecule has 0 aromatic carbocycles. The van der Waals surface area contributed by atoms with Crippen LogP contribution in [-0.2, 0) is 0 Å². The molecule has 0 aliphatic carbocycles. The minimum absolute atomic E-state index is 0.865. The van der Waals surface area contributed by atoms with E-state index in [-0.39, 0.29) is 0 Å². The Labute approximate surface area is 86.2 Å². The number of rotatable bonds is 1. The number of hydrogen-bond acceptors (Lipinski definition) is 3. The number of imidazole rings is 1. The summed E-state index contributed by atoms with van der Waals surface area (Å²) in [6.07, 6.45) is 8.89. The summed E-state index contributed by atoms with van der Waals surface area (Å²) in [5, 5.41) is 4.17. The van der Waals surface area contributed by atoms with Crippen LogP contribution in [-0.4, -0.2) is 19.6 Å². The summed E-state index contributed by atoms with van der Waals surface area (Å²) in [4.78, 5) is 8.27. The van der Waals surface area contributed by atoms with Gasteiger partial charge in [-0.1, -0.05) is 0 Å². The predicted octanol–water partition coefficient (Wildman–Crippen LogP) is 1.79. The van der Waals surface area contributed by atoms with Crippen LogP contribution in [0.3, 0.4) is 0 Å². The molecule has 0 amide bonds. The Morgan fingerprint density at radius 1 is 0.933 bits per heavy atom. The Kier molecular flexibility index (Phi) is 1.71. The molecule has 0 radical (unpaired) electrons. The van der Waals surface area contributed by atoms with Crippen molar-refractivity contribution in [3.05, 3.63) is 49.2 Å². The van der Waals surface area contributed by atoms with Crippen LogP contribution in [0.4, 0.5) is 0 Å². The number of nitrogens with zero attached hydrogens (tertiary/aromatic N) is 4. The molecule has 0 aliphatic heterocycles. The second kappa shape index (κ2) is 3.16. The Morgan fingerprint density at radius 3 is 2.67 bits per heavy atom. The molecule has 0 saturated carbocycles. The van der Waals surface area contributed by atoms with Gasteiger partial charge in [0.25, 0.3) is 0 Å². The SMILES string of the molecule is c1cc(-c2ccnn3ccnc23)ccn1. The van der Waals surface area contributed by atoms with Gasteiger partial charge in [0.05, 0.1) is 0 Å². The van der Waals surface area contributed by atoms with Gasteiger partial charge in [-0.2, -0.15) is 5.10 Å². The molecule has 72 valence electrons. The van der Waals surface area contributed by atoms with Crippen molar-refractivity contribution in [3.63, 3.8) is 0 Å². The fraction of sp³-hybridized carbons (Fsp3) is 0. The number of hydrogen-bond donors (Lipinski definition) is 0. The highest BCUT2D eigenvalue weighted by Gasteiger charge is 2.04. The van der Waals surface area contributed by atoms with E-state index in [2.05, 4.69) is 15.1 Å². The topological polar surface area (TPSA) is 43.1 Å². The lowest BCUT2D eigenvalue weighted by Crippen LogP contribution is -1.91. The van der Waals surface area contributed by atoms with Gasteiger partial charge in [-0.25, -0.2) is 9.50 Å². The maximum atomic E-state index is 4.28. The van der Waals surface area contributed by atoms with Crippen LogP contribution in [0, 0.1) is 0 Å². The first-order chi connectivity index (χ1) is 7.45. The molecule has 0 bridgehead atoms. The van der Waals surface area contributed by atoms with Crippen molar-refractivity contribution >= 4 is 5.65 Å². The zero-order valence-corrected chi connectivity index (χ0v) is 7.91. The average Bonchev–Trinajstić information content (AvgIpc) is 2.78. The van der Waals surface area contributed by atoms with E-state index in [1.165, 1.54) is 0 Å². The second-order valence-electron chi connectivity index (χ2n) is 3.18. The molecule has 0 unspecified atom stereocenters. The van der Waals surface area contributed by atoms with Crippen molar-refractivity contribution in [1.82, 2.24) is 19.6 Å². The van der Waals surface area contributed by atoms with Gasteiger partial charge < -0.3 is 0 Å². The van der Waals surface area contributed by atoms with E-state index < -0.39 is 0 Å². The van der Waals surface area contributed by atoms with Crippen LogP contribution in [0.1, 0.15) is 0 Å². The second-order valence-corrected chi connectivity index (χ2v) is 3.18. The van der Waals surface area contributed by atoms with E-state index in [4.69, 9.17) is 0 Å². The first-order valence-electron chi connectivity index (χ1n) is 4.64. The lowest BCUT2D eigenvalue weighted by Gasteiger charge is -2.01. The third kappa shape index (κ3) is 1.27. The van der Waals surface area contributed by atoms with Crippen LogP contribution in [0.5, 0.6) is 0 Å². The van der Waals surface area contributed by atoms with Crippen LogP contribution < -0.4 is 0 Å². The lowest BCUT2D eigenvalue weighted by atomic mass is 10.1. The number of pyridine rings is 1. The predicted molar refractivity (Wildman–Crippen MR) is 56.2 cm³/mol. The number of fused-ring (bicyclic) bond motifs is 1. The van der Waals surface area contributed by atoms with Gasteiger partial charge >= 0.3 is 0 Å². The summed E-state index contributed by atoms with van der Waals surface area (Å²) in [7, 11) is 0. The summed E-state index contributed by atoms with van der Waals surface area (Å²) in [5.74, 6) is 0. The average molecular weight is 196 g/mol. The molecular weight excluding hydrogens is 188 g/mol. The van der Waals surface area contributed by atoms with Crippen LogP contribution >= 0.6 is 0 Å². The smallest absolute Gasteiger partial charge is 0.161 e. The summed E-state index contributed by atoms with van der Waals surface area (Å²) in [5.41, 5.74) is 3.03. The monoisotopic (exact) mass is 196 g/mol. The molecule has 3 aromatic heterocycles. The molecule has 0 aliphatic rings. The standard InChI is InChI=1S/C11H8N4/c1-4-12-5-2-9(1)10-3-6-14-15-8-7-13-11(10)15/h1-8H. The zero-order chi connectivity index (χ0) is 10.1. The van der Waals surface area contributed by atoms with Crippen LogP contribution in [0.25, 0.3) is 16.8 Å². The quantitative estimate of drug-likeness (QED) is 0.596. The lowest BCUT2D eigenvalue weighted by molar-refractivity contribution is 0.937. The first-order valence-corrected chi connectivity index (χ1v) is 4.64. The van der Waals surface area contributed by atoms with E-state index in [9.17, 15) is 0 Å². The van der Waals surface area contributed by atoms with Crippen LogP contribution in [0.2, 0.25) is 0 Å². The molecule has 4 nitrogen and oxygen atoms in total. The molecule has 0 spiro atoms. The normalized spacial score (nSPS) is 10.7. The maximum absolute atomic E-state index is 4.28. The molecule has 15 heavy (non-hydrogen) atoms. The Bertz CT molecular complexity index is 586. The minimum Gasteiger partial charge on any atom is -0.265 e. The van der Waals surface area contributed by atoms with E-state index in [1.54, 1.807) is 29.3 Å². The molecule has 0 atom stereocenters. The molecular formula is C11H8N4. The fourth-order valence-electron chi connectivity index (χ4n) is 1.59. The molecule has 0 N–H and O–H groups in total. The minimum atomic E-state index is 0.865. The highest BCUT2D eigenvalue weighted by molar-refractivity contribution is 5.76. The Balaban J connectivity index is 2.31. The molecule has 3 aromatic rings. The van der Waals surface area contributed by atoms with Gasteiger partial charge in [0, 0.05) is 36.5 Å². The highest BCUT2D eigenvalue weighted by atomic mass is 15.2. The van der Waals surface area contributed by atoms with Crippen molar-refractivity contribution in [1.29, 1.82) is 0 Å². The Morgan fingerprint density at radius 2 is 1.80 bits per heavy atom. The van der Waals surface area contributed by atoms with Gasteiger partial charge in [0.1, 0.15) is 0 Å². The summed E-state index contributed by atoms with van der Waals surface area (Å²) in [6, 6.07) is 5.88. The van der Waals surface area contributed by atoms with Gasteiger partial charge in [0.15, 0.2) is 5.65 Å². The first kappa shape index (κ1) is 8.11. The molecule has 0 fully saturated rings. The molecule has 3 heterocycles. The summed E-state index contributed by atoms with van der Waals surface area (Å²) >= 11 is 0. The molecule has 0 saturated heterocycles. The largest absolute Gasteiger partial charge is 0.265 e. The van der Waals surface area contributed by atoms with Crippen molar-refractivity contribution in [2.45, 2.75) is 0 Å². The van der Waals surface area contributed by atoms with Crippen molar-refractivity contribution in [2.24, 2.45) is 0 Å². The van der Waals surface area contributed by atoms with Crippen LogP contribution in [0.15, 0.2) is 49.2 Å². The van der Waals surface area contributed by atoms with Gasteiger partial charge in [0.2, 0.25) is 0 Å². The molecule has 4 heteroatoms. The van der Waals surface area contributed by atoms with Gasteiger partial charge in [-0.3, -0.25) is 4.98 Å². The summed E-state index contributed by atoms with van der Waals surface area (Å²) < 4.78 is 1.76. The third-order valence-corrected chi connectivity index (χ3v) is 2.29. The summed E-state index contributed by atoms with van der Waals surface area (Å²) in [6.45, 7) is 0. The van der Waals surface area contributed by atoms with Crippen molar-refractivity contribution < 1.29 is 0 Å².